The Bertz CT molecular complexity index is 280. The number of hydrogen-bond donors (Lipinski definition) is 0. The SMILES string of the molecule is CCCCCCC(C)c1ccccc1Br. The fourth-order valence-electron chi connectivity index (χ4n) is 1.91. The van der Waals surface area contributed by atoms with Crippen molar-refractivity contribution in [3.63, 3.8) is 0 Å². The highest BCUT2D eigenvalue weighted by Gasteiger charge is 2.07. The minimum absolute atomic E-state index is 0.678. The van der Waals surface area contributed by atoms with Crippen LogP contribution in [-0.2, 0) is 0 Å². The van der Waals surface area contributed by atoms with E-state index in [-0.39, 0.29) is 0 Å². The maximum atomic E-state index is 3.62. The lowest BCUT2D eigenvalue weighted by Crippen LogP contribution is -1.94. The van der Waals surface area contributed by atoms with Gasteiger partial charge in [-0.3, -0.25) is 0 Å². The predicted octanol–water partition coefficient (Wildman–Crippen LogP) is 5.52. The molecule has 0 bridgehead atoms. The van der Waals surface area contributed by atoms with Crippen LogP contribution in [0.4, 0.5) is 0 Å². The molecule has 0 spiro atoms. The van der Waals surface area contributed by atoms with Crippen molar-refractivity contribution in [2.24, 2.45) is 0 Å². The summed E-state index contributed by atoms with van der Waals surface area (Å²) < 4.78 is 1.26. The Kier molecular flexibility index (Phi) is 6.00. The van der Waals surface area contributed by atoms with Gasteiger partial charge in [0.2, 0.25) is 0 Å². The van der Waals surface area contributed by atoms with Crippen molar-refractivity contribution >= 4 is 15.9 Å². The van der Waals surface area contributed by atoms with E-state index in [0.717, 1.165) is 0 Å². The van der Waals surface area contributed by atoms with Crippen LogP contribution in [0, 0.1) is 0 Å². The summed E-state index contributed by atoms with van der Waals surface area (Å²) in [4.78, 5) is 0. The van der Waals surface area contributed by atoms with Gasteiger partial charge < -0.3 is 0 Å². The summed E-state index contributed by atoms with van der Waals surface area (Å²) in [5, 5.41) is 0. The highest BCUT2D eigenvalue weighted by Crippen LogP contribution is 2.28. The molecule has 0 aliphatic carbocycles. The first kappa shape index (κ1) is 12.8. The molecular formula is C14H21Br. The largest absolute Gasteiger partial charge is 0.0654 e. The first-order valence-electron chi connectivity index (χ1n) is 6.00. The summed E-state index contributed by atoms with van der Waals surface area (Å²) in [5.41, 5.74) is 1.45. The number of halogens is 1. The Labute approximate surface area is 102 Å². The molecule has 0 aliphatic rings. The smallest absolute Gasteiger partial charge is 0.0210 e. The van der Waals surface area contributed by atoms with Crippen molar-refractivity contribution in [2.45, 2.75) is 51.9 Å². The van der Waals surface area contributed by atoms with Crippen molar-refractivity contribution in [1.82, 2.24) is 0 Å². The molecule has 1 rings (SSSR count). The highest BCUT2D eigenvalue weighted by molar-refractivity contribution is 9.10. The third-order valence-electron chi connectivity index (χ3n) is 2.93. The molecule has 0 saturated carbocycles. The lowest BCUT2D eigenvalue weighted by molar-refractivity contribution is 0.579. The van der Waals surface area contributed by atoms with E-state index in [2.05, 4.69) is 54.0 Å². The lowest BCUT2D eigenvalue weighted by atomic mass is 9.95. The normalized spacial score (nSPS) is 12.7. The molecule has 0 heterocycles. The maximum Gasteiger partial charge on any atom is 0.0210 e. The van der Waals surface area contributed by atoms with Gasteiger partial charge in [0.15, 0.2) is 0 Å². The fourth-order valence-corrected chi connectivity index (χ4v) is 2.58. The van der Waals surface area contributed by atoms with Crippen LogP contribution in [0.1, 0.15) is 57.4 Å². The number of benzene rings is 1. The van der Waals surface area contributed by atoms with Crippen LogP contribution >= 0.6 is 15.9 Å². The van der Waals surface area contributed by atoms with Gasteiger partial charge in [-0.2, -0.15) is 0 Å². The molecule has 0 radical (unpaired) electrons. The molecule has 0 N–H and O–H groups in total. The molecule has 1 aromatic carbocycles. The van der Waals surface area contributed by atoms with E-state index in [1.54, 1.807) is 0 Å². The highest BCUT2D eigenvalue weighted by atomic mass is 79.9. The molecule has 0 amide bonds. The minimum atomic E-state index is 0.678. The molecule has 1 heteroatoms. The van der Waals surface area contributed by atoms with E-state index in [0.29, 0.717) is 5.92 Å². The molecule has 0 aromatic heterocycles. The van der Waals surface area contributed by atoms with E-state index >= 15 is 0 Å². The fraction of sp³-hybridized carbons (Fsp3) is 0.571. The maximum absolute atomic E-state index is 3.62. The summed E-state index contributed by atoms with van der Waals surface area (Å²) in [6, 6.07) is 8.58. The molecule has 0 aliphatic heterocycles. The van der Waals surface area contributed by atoms with Gasteiger partial charge in [0.05, 0.1) is 0 Å². The molecule has 0 saturated heterocycles. The van der Waals surface area contributed by atoms with Crippen LogP contribution in [-0.4, -0.2) is 0 Å². The molecule has 1 aromatic rings. The van der Waals surface area contributed by atoms with Gasteiger partial charge in [-0.05, 0) is 24.0 Å². The summed E-state index contributed by atoms with van der Waals surface area (Å²) in [6.45, 7) is 4.59. The lowest BCUT2D eigenvalue weighted by Gasteiger charge is -2.13. The van der Waals surface area contributed by atoms with Gasteiger partial charge in [0.25, 0.3) is 0 Å². The molecule has 15 heavy (non-hydrogen) atoms. The summed E-state index contributed by atoms with van der Waals surface area (Å²) in [6.07, 6.45) is 6.75. The minimum Gasteiger partial charge on any atom is -0.0654 e. The Morgan fingerprint density at radius 2 is 1.87 bits per heavy atom. The second-order valence-electron chi connectivity index (χ2n) is 4.27. The average molecular weight is 269 g/mol. The van der Waals surface area contributed by atoms with Crippen LogP contribution in [0.5, 0.6) is 0 Å². The third kappa shape index (κ3) is 4.38. The van der Waals surface area contributed by atoms with Gasteiger partial charge in [0, 0.05) is 4.47 Å². The van der Waals surface area contributed by atoms with E-state index in [4.69, 9.17) is 0 Å². The third-order valence-corrected chi connectivity index (χ3v) is 3.65. The van der Waals surface area contributed by atoms with E-state index in [9.17, 15) is 0 Å². The van der Waals surface area contributed by atoms with Crippen LogP contribution in [0.3, 0.4) is 0 Å². The number of rotatable bonds is 6. The first-order chi connectivity index (χ1) is 7.25. The van der Waals surface area contributed by atoms with Crippen LogP contribution in [0.2, 0.25) is 0 Å². The quantitative estimate of drug-likeness (QED) is 0.596. The first-order valence-corrected chi connectivity index (χ1v) is 6.79. The van der Waals surface area contributed by atoms with Crippen molar-refractivity contribution in [3.05, 3.63) is 34.3 Å². The topological polar surface area (TPSA) is 0 Å². The van der Waals surface area contributed by atoms with E-state index < -0.39 is 0 Å². The second-order valence-corrected chi connectivity index (χ2v) is 5.13. The monoisotopic (exact) mass is 268 g/mol. The van der Waals surface area contributed by atoms with E-state index in [1.165, 1.54) is 42.1 Å². The average Bonchev–Trinajstić information content (AvgIpc) is 2.25. The van der Waals surface area contributed by atoms with Gasteiger partial charge >= 0.3 is 0 Å². The Hall–Kier alpha value is -0.300. The molecular weight excluding hydrogens is 248 g/mol. The zero-order valence-electron chi connectivity index (χ0n) is 9.80. The number of hydrogen-bond acceptors (Lipinski definition) is 0. The van der Waals surface area contributed by atoms with E-state index in [1.807, 2.05) is 0 Å². The standard InChI is InChI=1S/C14H21Br/c1-3-4-5-6-9-12(2)13-10-7-8-11-14(13)15/h7-8,10-12H,3-6,9H2,1-2H3. The van der Waals surface area contributed by atoms with Crippen LogP contribution in [0.15, 0.2) is 28.7 Å². The van der Waals surface area contributed by atoms with Gasteiger partial charge in [0.1, 0.15) is 0 Å². The molecule has 84 valence electrons. The van der Waals surface area contributed by atoms with Crippen molar-refractivity contribution in [1.29, 1.82) is 0 Å². The van der Waals surface area contributed by atoms with Crippen molar-refractivity contribution in [3.8, 4) is 0 Å². The van der Waals surface area contributed by atoms with Crippen LogP contribution in [0.25, 0.3) is 0 Å². The summed E-state index contributed by atoms with van der Waals surface area (Å²) in [5.74, 6) is 0.678. The van der Waals surface area contributed by atoms with Gasteiger partial charge in [-0.1, -0.05) is 73.7 Å². The molecule has 1 atom stereocenters. The summed E-state index contributed by atoms with van der Waals surface area (Å²) in [7, 11) is 0. The molecule has 0 fully saturated rings. The van der Waals surface area contributed by atoms with Crippen molar-refractivity contribution in [2.75, 3.05) is 0 Å². The second kappa shape index (κ2) is 7.05. The molecule has 1 unspecified atom stereocenters. The number of unbranched alkanes of at least 4 members (excludes halogenated alkanes) is 3. The Balaban J connectivity index is 2.40. The van der Waals surface area contributed by atoms with Crippen molar-refractivity contribution < 1.29 is 0 Å². The Morgan fingerprint density at radius 1 is 1.13 bits per heavy atom. The van der Waals surface area contributed by atoms with Crippen LogP contribution < -0.4 is 0 Å². The van der Waals surface area contributed by atoms with Gasteiger partial charge in [-0.15, -0.1) is 0 Å². The summed E-state index contributed by atoms with van der Waals surface area (Å²) >= 11 is 3.62. The van der Waals surface area contributed by atoms with Gasteiger partial charge in [-0.25, -0.2) is 0 Å². The molecule has 0 nitrogen and oxygen atoms in total. The zero-order chi connectivity index (χ0) is 11.1. The zero-order valence-corrected chi connectivity index (χ0v) is 11.4. The Morgan fingerprint density at radius 3 is 2.53 bits per heavy atom. The predicted molar refractivity (Wildman–Crippen MR) is 71.3 cm³/mol.